The number of hydrogen-bond acceptors (Lipinski definition) is 4. The molecule has 1 aromatic heterocycles. The average molecular weight is 266 g/mol. The Morgan fingerprint density at radius 3 is 2.67 bits per heavy atom. The topological polar surface area (TPSA) is 101 Å². The third kappa shape index (κ3) is 2.30. The third-order valence-electron chi connectivity index (χ3n) is 2.54. The summed E-state index contributed by atoms with van der Waals surface area (Å²) >= 11 is 0. The summed E-state index contributed by atoms with van der Waals surface area (Å²) in [5.74, 6) is 0.177. The van der Waals surface area contributed by atoms with E-state index >= 15 is 0 Å². The van der Waals surface area contributed by atoms with Crippen molar-refractivity contribution < 1.29 is 8.42 Å². The fourth-order valence-electron chi connectivity index (χ4n) is 1.56. The van der Waals surface area contributed by atoms with Crippen LogP contribution in [0.15, 0.2) is 29.3 Å². The zero-order valence-electron chi connectivity index (χ0n) is 10.1. The normalized spacial score (nSPS) is 11.4. The maximum Gasteiger partial charge on any atom is 0.263 e. The first kappa shape index (κ1) is 12.4. The van der Waals surface area contributed by atoms with Gasteiger partial charge in [0.2, 0.25) is 0 Å². The Morgan fingerprint density at radius 2 is 2.06 bits per heavy atom. The summed E-state index contributed by atoms with van der Waals surface area (Å²) in [5, 5.41) is 6.16. The summed E-state index contributed by atoms with van der Waals surface area (Å²) in [6.45, 7) is 3.58. The minimum absolute atomic E-state index is 0.177. The standard InChI is InChI=1S/C11H14N4O2S/c1-7-3-4-8(2)10(5-7)18(16,17)15-11-9(12)6-13-14-11/h3-6H,12H2,1-2H3,(H2,13,14,15). The van der Waals surface area contributed by atoms with E-state index in [1.807, 2.05) is 13.0 Å². The number of aromatic nitrogens is 2. The summed E-state index contributed by atoms with van der Waals surface area (Å²) in [5.41, 5.74) is 7.37. The van der Waals surface area contributed by atoms with Crippen molar-refractivity contribution in [2.24, 2.45) is 0 Å². The van der Waals surface area contributed by atoms with Crippen LogP contribution >= 0.6 is 0 Å². The lowest BCUT2D eigenvalue weighted by Gasteiger charge is -2.10. The Bertz CT molecular complexity index is 676. The van der Waals surface area contributed by atoms with Crippen molar-refractivity contribution in [1.29, 1.82) is 0 Å². The molecule has 96 valence electrons. The first-order valence-electron chi connectivity index (χ1n) is 5.29. The van der Waals surface area contributed by atoms with Gasteiger partial charge in [0.1, 0.15) is 0 Å². The maximum absolute atomic E-state index is 12.2. The van der Waals surface area contributed by atoms with Gasteiger partial charge in [0, 0.05) is 0 Å². The molecule has 2 rings (SSSR count). The monoisotopic (exact) mass is 266 g/mol. The van der Waals surface area contributed by atoms with Gasteiger partial charge in [-0.15, -0.1) is 0 Å². The number of rotatable bonds is 3. The molecule has 4 N–H and O–H groups in total. The minimum atomic E-state index is -3.66. The van der Waals surface area contributed by atoms with E-state index in [1.165, 1.54) is 6.20 Å². The number of anilines is 2. The number of nitrogens with zero attached hydrogens (tertiary/aromatic N) is 1. The molecular weight excluding hydrogens is 252 g/mol. The van der Waals surface area contributed by atoms with Crippen LogP contribution in [0.3, 0.4) is 0 Å². The second-order valence-electron chi connectivity index (χ2n) is 4.07. The highest BCUT2D eigenvalue weighted by atomic mass is 32.2. The van der Waals surface area contributed by atoms with Crippen LogP contribution in [0.25, 0.3) is 0 Å². The molecule has 7 heteroatoms. The van der Waals surface area contributed by atoms with Gasteiger partial charge in [-0.2, -0.15) is 5.10 Å². The van der Waals surface area contributed by atoms with E-state index in [9.17, 15) is 8.42 Å². The Morgan fingerprint density at radius 1 is 1.33 bits per heavy atom. The molecular formula is C11H14N4O2S. The minimum Gasteiger partial charge on any atom is -0.394 e. The van der Waals surface area contributed by atoms with Crippen LogP contribution in [-0.4, -0.2) is 18.6 Å². The van der Waals surface area contributed by atoms with E-state index in [-0.39, 0.29) is 16.4 Å². The summed E-state index contributed by atoms with van der Waals surface area (Å²) < 4.78 is 26.8. The van der Waals surface area contributed by atoms with Crippen molar-refractivity contribution >= 4 is 21.5 Å². The van der Waals surface area contributed by atoms with Crippen LogP contribution in [0, 0.1) is 13.8 Å². The van der Waals surface area contributed by atoms with Gasteiger partial charge in [-0.3, -0.25) is 9.82 Å². The zero-order valence-corrected chi connectivity index (χ0v) is 10.9. The lowest BCUT2D eigenvalue weighted by molar-refractivity contribution is 0.600. The van der Waals surface area contributed by atoms with Crippen molar-refractivity contribution in [3.63, 3.8) is 0 Å². The Labute approximate surface area is 105 Å². The molecule has 0 saturated carbocycles. The van der Waals surface area contributed by atoms with Crippen LogP contribution in [0.5, 0.6) is 0 Å². The molecule has 0 spiro atoms. The smallest absolute Gasteiger partial charge is 0.263 e. The Balaban J connectivity index is 2.43. The SMILES string of the molecule is Cc1ccc(C)c(S(=O)(=O)Nc2[nH]ncc2N)c1. The third-order valence-corrected chi connectivity index (χ3v) is 4.03. The first-order chi connectivity index (χ1) is 8.40. The summed E-state index contributed by atoms with van der Waals surface area (Å²) in [6.07, 6.45) is 1.35. The highest BCUT2D eigenvalue weighted by Crippen LogP contribution is 2.22. The number of nitrogens with two attached hydrogens (primary N) is 1. The van der Waals surface area contributed by atoms with Gasteiger partial charge in [-0.1, -0.05) is 12.1 Å². The molecule has 6 nitrogen and oxygen atoms in total. The lowest BCUT2D eigenvalue weighted by atomic mass is 10.2. The number of nitrogen functional groups attached to an aromatic ring is 1. The molecule has 0 unspecified atom stereocenters. The fourth-order valence-corrected chi connectivity index (χ4v) is 2.94. The average Bonchev–Trinajstić information content (AvgIpc) is 2.67. The Kier molecular flexibility index (Phi) is 3.00. The van der Waals surface area contributed by atoms with E-state index in [2.05, 4.69) is 14.9 Å². The van der Waals surface area contributed by atoms with Crippen molar-refractivity contribution in [2.45, 2.75) is 18.7 Å². The van der Waals surface area contributed by atoms with Crippen LogP contribution < -0.4 is 10.5 Å². The van der Waals surface area contributed by atoms with Gasteiger partial charge < -0.3 is 5.73 Å². The number of H-pyrrole nitrogens is 1. The molecule has 0 amide bonds. The molecule has 0 saturated heterocycles. The van der Waals surface area contributed by atoms with E-state index in [1.54, 1.807) is 19.1 Å². The molecule has 0 aliphatic carbocycles. The van der Waals surface area contributed by atoms with Crippen LogP contribution in [0.2, 0.25) is 0 Å². The number of sulfonamides is 1. The molecule has 1 heterocycles. The lowest BCUT2D eigenvalue weighted by Crippen LogP contribution is -2.15. The number of benzene rings is 1. The number of hydrogen-bond donors (Lipinski definition) is 3. The molecule has 0 aliphatic heterocycles. The van der Waals surface area contributed by atoms with E-state index in [0.717, 1.165) is 5.56 Å². The van der Waals surface area contributed by atoms with Crippen LogP contribution in [-0.2, 0) is 10.0 Å². The summed E-state index contributed by atoms with van der Waals surface area (Å²) in [4.78, 5) is 0.233. The predicted molar refractivity (Wildman–Crippen MR) is 69.7 cm³/mol. The van der Waals surface area contributed by atoms with Crippen LogP contribution in [0.4, 0.5) is 11.5 Å². The molecule has 0 atom stereocenters. The molecule has 18 heavy (non-hydrogen) atoms. The fraction of sp³-hybridized carbons (Fsp3) is 0.182. The number of aryl methyl sites for hydroxylation is 2. The maximum atomic E-state index is 12.2. The highest BCUT2D eigenvalue weighted by molar-refractivity contribution is 7.92. The highest BCUT2D eigenvalue weighted by Gasteiger charge is 2.18. The van der Waals surface area contributed by atoms with Crippen LogP contribution in [0.1, 0.15) is 11.1 Å². The molecule has 0 bridgehead atoms. The first-order valence-corrected chi connectivity index (χ1v) is 6.77. The molecule has 0 radical (unpaired) electrons. The largest absolute Gasteiger partial charge is 0.394 e. The van der Waals surface area contributed by atoms with Gasteiger partial charge in [0.15, 0.2) is 5.82 Å². The quantitative estimate of drug-likeness (QED) is 0.781. The molecule has 0 fully saturated rings. The van der Waals surface area contributed by atoms with E-state index < -0.39 is 10.0 Å². The zero-order chi connectivity index (χ0) is 13.3. The van der Waals surface area contributed by atoms with Crippen molar-refractivity contribution in [1.82, 2.24) is 10.2 Å². The van der Waals surface area contributed by atoms with Gasteiger partial charge in [0.05, 0.1) is 16.8 Å². The number of aromatic amines is 1. The van der Waals surface area contributed by atoms with Gasteiger partial charge in [-0.05, 0) is 31.0 Å². The van der Waals surface area contributed by atoms with E-state index in [0.29, 0.717) is 5.56 Å². The second kappa shape index (κ2) is 4.34. The second-order valence-corrected chi connectivity index (χ2v) is 5.73. The molecule has 2 aromatic rings. The van der Waals surface area contributed by atoms with Crippen molar-refractivity contribution in [2.75, 3.05) is 10.5 Å². The van der Waals surface area contributed by atoms with E-state index in [4.69, 9.17) is 5.73 Å². The van der Waals surface area contributed by atoms with Crippen molar-refractivity contribution in [3.05, 3.63) is 35.5 Å². The molecule has 1 aromatic carbocycles. The van der Waals surface area contributed by atoms with Gasteiger partial charge in [-0.25, -0.2) is 8.42 Å². The summed E-state index contributed by atoms with van der Waals surface area (Å²) in [6, 6.07) is 5.24. The van der Waals surface area contributed by atoms with Crippen molar-refractivity contribution in [3.8, 4) is 0 Å². The predicted octanol–water partition coefficient (Wildman–Crippen LogP) is 1.41. The van der Waals surface area contributed by atoms with Gasteiger partial charge >= 0.3 is 0 Å². The summed E-state index contributed by atoms with van der Waals surface area (Å²) in [7, 11) is -3.66. The number of nitrogens with one attached hydrogen (secondary N) is 2. The molecule has 0 aliphatic rings. The van der Waals surface area contributed by atoms with Gasteiger partial charge in [0.25, 0.3) is 10.0 Å². The Hall–Kier alpha value is -2.02.